The van der Waals surface area contributed by atoms with Crippen molar-refractivity contribution in [2.24, 2.45) is 0 Å². The van der Waals surface area contributed by atoms with E-state index in [1.54, 1.807) is 18.5 Å². The lowest BCUT2D eigenvalue weighted by atomic mass is 10.2. The van der Waals surface area contributed by atoms with Crippen molar-refractivity contribution in [1.82, 2.24) is 24.9 Å². The van der Waals surface area contributed by atoms with Gasteiger partial charge in [-0.05, 0) is 25.1 Å². The van der Waals surface area contributed by atoms with Crippen LogP contribution in [-0.4, -0.2) is 24.9 Å². The van der Waals surface area contributed by atoms with E-state index in [9.17, 15) is 0 Å². The first kappa shape index (κ1) is 12.9. The lowest BCUT2D eigenvalue weighted by Gasteiger charge is -2.06. The SMILES string of the molecule is Cc1cccc(-c2nccc(-c3cnc(N)nc3N)n2)n1. The second-order valence-corrected chi connectivity index (χ2v) is 4.46. The van der Waals surface area contributed by atoms with E-state index in [4.69, 9.17) is 11.5 Å². The smallest absolute Gasteiger partial charge is 0.221 e. The van der Waals surface area contributed by atoms with Gasteiger partial charge in [0.1, 0.15) is 11.5 Å². The highest BCUT2D eigenvalue weighted by Crippen LogP contribution is 2.23. The van der Waals surface area contributed by atoms with Crippen LogP contribution in [-0.2, 0) is 0 Å². The zero-order valence-electron chi connectivity index (χ0n) is 11.4. The zero-order chi connectivity index (χ0) is 14.8. The second kappa shape index (κ2) is 5.12. The molecule has 0 aliphatic carbocycles. The molecule has 7 nitrogen and oxygen atoms in total. The van der Waals surface area contributed by atoms with Gasteiger partial charge in [0, 0.05) is 18.1 Å². The fourth-order valence-corrected chi connectivity index (χ4v) is 1.91. The van der Waals surface area contributed by atoms with Crippen LogP contribution < -0.4 is 11.5 Å². The molecule has 0 amide bonds. The average molecular weight is 279 g/mol. The standard InChI is InChI=1S/C14H13N7/c1-8-3-2-4-11(19-8)13-17-6-5-10(20-13)9-7-18-14(16)21-12(9)15/h2-7H,1H3,(H4,15,16,18,21). The third kappa shape index (κ3) is 2.62. The van der Waals surface area contributed by atoms with Crippen molar-refractivity contribution < 1.29 is 0 Å². The van der Waals surface area contributed by atoms with Crippen molar-refractivity contribution in [3.8, 4) is 22.8 Å². The Hall–Kier alpha value is -3.09. The second-order valence-electron chi connectivity index (χ2n) is 4.46. The van der Waals surface area contributed by atoms with E-state index in [0.717, 1.165) is 5.69 Å². The Labute approximate surface area is 121 Å². The molecule has 0 aliphatic heterocycles. The summed E-state index contributed by atoms with van der Waals surface area (Å²) in [5.74, 6) is 0.933. The summed E-state index contributed by atoms with van der Waals surface area (Å²) in [4.78, 5) is 21.0. The van der Waals surface area contributed by atoms with Crippen molar-refractivity contribution in [2.75, 3.05) is 11.5 Å². The maximum absolute atomic E-state index is 5.86. The number of nitrogen functional groups attached to an aromatic ring is 2. The molecule has 3 aromatic heterocycles. The Morgan fingerprint density at radius 3 is 2.52 bits per heavy atom. The van der Waals surface area contributed by atoms with Gasteiger partial charge in [-0.25, -0.2) is 19.9 Å². The Bertz CT molecular complexity index is 801. The number of anilines is 2. The van der Waals surface area contributed by atoms with E-state index < -0.39 is 0 Å². The molecule has 0 atom stereocenters. The molecule has 0 spiro atoms. The van der Waals surface area contributed by atoms with E-state index in [1.807, 2.05) is 25.1 Å². The van der Waals surface area contributed by atoms with Gasteiger partial charge in [0.25, 0.3) is 0 Å². The number of aryl methyl sites for hydroxylation is 1. The topological polar surface area (TPSA) is 116 Å². The van der Waals surface area contributed by atoms with Crippen molar-refractivity contribution in [3.05, 3.63) is 42.4 Å². The minimum atomic E-state index is 0.130. The van der Waals surface area contributed by atoms with Crippen molar-refractivity contribution in [2.45, 2.75) is 6.92 Å². The summed E-state index contributed by atoms with van der Waals surface area (Å²) >= 11 is 0. The van der Waals surface area contributed by atoms with Crippen LogP contribution in [0.3, 0.4) is 0 Å². The minimum absolute atomic E-state index is 0.130. The number of hydrogen-bond donors (Lipinski definition) is 2. The van der Waals surface area contributed by atoms with Crippen LogP contribution in [0.2, 0.25) is 0 Å². The molecule has 0 aliphatic rings. The van der Waals surface area contributed by atoms with Crippen LogP contribution in [0.5, 0.6) is 0 Å². The van der Waals surface area contributed by atoms with E-state index >= 15 is 0 Å². The van der Waals surface area contributed by atoms with E-state index in [0.29, 0.717) is 22.8 Å². The highest BCUT2D eigenvalue weighted by Gasteiger charge is 2.10. The first-order valence-electron chi connectivity index (χ1n) is 6.29. The van der Waals surface area contributed by atoms with E-state index in [-0.39, 0.29) is 11.8 Å². The van der Waals surface area contributed by atoms with Crippen LogP contribution in [0.25, 0.3) is 22.8 Å². The first-order chi connectivity index (χ1) is 10.1. The molecule has 0 aromatic carbocycles. The molecule has 0 unspecified atom stereocenters. The fourth-order valence-electron chi connectivity index (χ4n) is 1.91. The molecule has 0 fully saturated rings. The Balaban J connectivity index is 2.08. The third-order valence-electron chi connectivity index (χ3n) is 2.89. The van der Waals surface area contributed by atoms with Crippen LogP contribution in [0, 0.1) is 6.92 Å². The van der Waals surface area contributed by atoms with Gasteiger partial charge in [0.15, 0.2) is 5.82 Å². The molecular formula is C14H13N7. The van der Waals surface area contributed by atoms with Crippen LogP contribution in [0.1, 0.15) is 5.69 Å². The van der Waals surface area contributed by atoms with Gasteiger partial charge < -0.3 is 11.5 Å². The van der Waals surface area contributed by atoms with Gasteiger partial charge in [-0.3, -0.25) is 0 Å². The van der Waals surface area contributed by atoms with Gasteiger partial charge in [-0.2, -0.15) is 4.98 Å². The zero-order valence-corrected chi connectivity index (χ0v) is 11.4. The lowest BCUT2D eigenvalue weighted by molar-refractivity contribution is 1.11. The molecule has 3 heterocycles. The molecule has 0 saturated heterocycles. The first-order valence-corrected chi connectivity index (χ1v) is 6.29. The van der Waals surface area contributed by atoms with Crippen LogP contribution >= 0.6 is 0 Å². The van der Waals surface area contributed by atoms with E-state index in [2.05, 4.69) is 24.9 Å². The molecule has 0 saturated carbocycles. The Morgan fingerprint density at radius 2 is 1.76 bits per heavy atom. The number of nitrogens with zero attached hydrogens (tertiary/aromatic N) is 5. The van der Waals surface area contributed by atoms with E-state index in [1.165, 1.54) is 0 Å². The molecule has 21 heavy (non-hydrogen) atoms. The van der Waals surface area contributed by atoms with Crippen molar-refractivity contribution >= 4 is 11.8 Å². The minimum Gasteiger partial charge on any atom is -0.383 e. The summed E-state index contributed by atoms with van der Waals surface area (Å²) in [6.45, 7) is 1.92. The molecule has 3 aromatic rings. The maximum atomic E-state index is 5.86. The quantitative estimate of drug-likeness (QED) is 0.729. The van der Waals surface area contributed by atoms with Gasteiger partial charge in [0.05, 0.1) is 11.3 Å². The average Bonchev–Trinajstić information content (AvgIpc) is 2.47. The van der Waals surface area contributed by atoms with Gasteiger partial charge in [-0.15, -0.1) is 0 Å². The maximum Gasteiger partial charge on any atom is 0.221 e. The van der Waals surface area contributed by atoms with Gasteiger partial charge in [0.2, 0.25) is 5.95 Å². The number of pyridine rings is 1. The third-order valence-corrected chi connectivity index (χ3v) is 2.89. The number of aromatic nitrogens is 5. The predicted molar refractivity (Wildman–Crippen MR) is 79.9 cm³/mol. The highest BCUT2D eigenvalue weighted by molar-refractivity contribution is 5.71. The van der Waals surface area contributed by atoms with Crippen LogP contribution in [0.4, 0.5) is 11.8 Å². The molecule has 7 heteroatoms. The fraction of sp³-hybridized carbons (Fsp3) is 0.0714. The van der Waals surface area contributed by atoms with Crippen LogP contribution in [0.15, 0.2) is 36.7 Å². The number of rotatable bonds is 2. The Kier molecular flexibility index (Phi) is 3.15. The summed E-state index contributed by atoms with van der Waals surface area (Å²) in [6.07, 6.45) is 3.20. The lowest BCUT2D eigenvalue weighted by Crippen LogP contribution is -2.02. The summed E-state index contributed by atoms with van der Waals surface area (Å²) in [7, 11) is 0. The largest absolute Gasteiger partial charge is 0.383 e. The monoisotopic (exact) mass is 279 g/mol. The summed E-state index contributed by atoms with van der Waals surface area (Å²) in [6, 6.07) is 7.42. The van der Waals surface area contributed by atoms with Gasteiger partial charge in [-0.1, -0.05) is 6.07 Å². The van der Waals surface area contributed by atoms with Crippen molar-refractivity contribution in [1.29, 1.82) is 0 Å². The number of nitrogens with two attached hydrogens (primary N) is 2. The molecule has 0 bridgehead atoms. The van der Waals surface area contributed by atoms with Gasteiger partial charge >= 0.3 is 0 Å². The summed E-state index contributed by atoms with van der Waals surface area (Å²) in [5.41, 5.74) is 14.2. The molecule has 3 rings (SSSR count). The Morgan fingerprint density at radius 1 is 0.905 bits per heavy atom. The molecule has 4 N–H and O–H groups in total. The highest BCUT2D eigenvalue weighted by atomic mass is 15.0. The summed E-state index contributed by atoms with van der Waals surface area (Å²) < 4.78 is 0. The molecular weight excluding hydrogens is 266 g/mol. The molecule has 0 radical (unpaired) electrons. The normalized spacial score (nSPS) is 10.5. The van der Waals surface area contributed by atoms with Crippen molar-refractivity contribution in [3.63, 3.8) is 0 Å². The number of hydrogen-bond acceptors (Lipinski definition) is 7. The molecule has 104 valence electrons. The predicted octanol–water partition coefficient (Wildman–Crippen LogP) is 1.47. The summed E-state index contributed by atoms with van der Waals surface area (Å²) in [5, 5.41) is 0.